The molecule has 0 bridgehead atoms. The second-order valence-electron chi connectivity index (χ2n) is 6.72. The lowest BCUT2D eigenvalue weighted by Crippen LogP contribution is -2.51. The standard InChI is InChI=1S/C17H27NO2/c1-4-16(2,3)13-7-9-15(10-8-13)20-12-17(18,11-19)14-5-6-14/h7-10,14,19H,4-6,11-12,18H2,1-3H3. The molecule has 0 spiro atoms. The lowest BCUT2D eigenvalue weighted by molar-refractivity contribution is 0.117. The van der Waals surface area contributed by atoms with Gasteiger partial charge in [-0.2, -0.15) is 0 Å². The minimum Gasteiger partial charge on any atom is -0.492 e. The molecule has 0 saturated heterocycles. The van der Waals surface area contributed by atoms with Crippen molar-refractivity contribution in [3.8, 4) is 5.75 Å². The third kappa shape index (κ3) is 3.33. The first-order valence-electron chi connectivity index (χ1n) is 7.54. The van der Waals surface area contributed by atoms with Gasteiger partial charge in [0.15, 0.2) is 0 Å². The van der Waals surface area contributed by atoms with Crippen molar-refractivity contribution in [2.75, 3.05) is 13.2 Å². The van der Waals surface area contributed by atoms with Crippen LogP contribution in [0.5, 0.6) is 5.75 Å². The van der Waals surface area contributed by atoms with Crippen molar-refractivity contribution in [1.29, 1.82) is 0 Å². The van der Waals surface area contributed by atoms with Gasteiger partial charge in [-0.05, 0) is 48.3 Å². The lowest BCUT2D eigenvalue weighted by atomic mass is 9.82. The van der Waals surface area contributed by atoms with Gasteiger partial charge in [0.1, 0.15) is 12.4 Å². The van der Waals surface area contributed by atoms with Crippen LogP contribution in [0.1, 0.15) is 45.6 Å². The summed E-state index contributed by atoms with van der Waals surface area (Å²) in [4.78, 5) is 0. The molecule has 3 heteroatoms. The Balaban J connectivity index is 1.97. The summed E-state index contributed by atoms with van der Waals surface area (Å²) in [7, 11) is 0. The summed E-state index contributed by atoms with van der Waals surface area (Å²) in [6.07, 6.45) is 3.30. The van der Waals surface area contributed by atoms with E-state index in [-0.39, 0.29) is 12.0 Å². The van der Waals surface area contributed by atoms with Crippen LogP contribution in [0.15, 0.2) is 24.3 Å². The molecule has 0 aliphatic heterocycles. The first-order valence-corrected chi connectivity index (χ1v) is 7.54. The molecule has 1 fully saturated rings. The number of ether oxygens (including phenoxy) is 1. The zero-order valence-corrected chi connectivity index (χ0v) is 12.9. The van der Waals surface area contributed by atoms with Gasteiger partial charge in [0.05, 0.1) is 12.1 Å². The third-order valence-corrected chi connectivity index (χ3v) is 4.71. The van der Waals surface area contributed by atoms with Crippen molar-refractivity contribution in [2.45, 2.75) is 51.0 Å². The molecular formula is C17H27NO2. The summed E-state index contributed by atoms with van der Waals surface area (Å²) in [5.74, 6) is 1.23. The Labute approximate surface area is 122 Å². The van der Waals surface area contributed by atoms with Crippen molar-refractivity contribution in [3.05, 3.63) is 29.8 Å². The molecule has 3 N–H and O–H groups in total. The average molecular weight is 277 g/mol. The molecule has 1 aliphatic rings. The molecular weight excluding hydrogens is 250 g/mol. The van der Waals surface area contributed by atoms with E-state index in [0.717, 1.165) is 25.0 Å². The largest absolute Gasteiger partial charge is 0.492 e. The van der Waals surface area contributed by atoms with Crippen molar-refractivity contribution in [3.63, 3.8) is 0 Å². The number of benzene rings is 1. The Morgan fingerprint density at radius 1 is 1.25 bits per heavy atom. The van der Waals surface area contributed by atoms with Crippen LogP contribution in [-0.4, -0.2) is 23.9 Å². The average Bonchev–Trinajstić information content (AvgIpc) is 3.30. The number of hydrogen-bond acceptors (Lipinski definition) is 3. The van der Waals surface area contributed by atoms with Gasteiger partial charge in [-0.15, -0.1) is 0 Å². The molecule has 0 amide bonds. The van der Waals surface area contributed by atoms with Crippen LogP contribution < -0.4 is 10.5 Å². The Morgan fingerprint density at radius 2 is 1.85 bits per heavy atom. The van der Waals surface area contributed by atoms with Gasteiger partial charge in [-0.25, -0.2) is 0 Å². The van der Waals surface area contributed by atoms with Crippen LogP contribution in [-0.2, 0) is 5.41 Å². The van der Waals surface area contributed by atoms with Crippen molar-refractivity contribution < 1.29 is 9.84 Å². The van der Waals surface area contributed by atoms with Gasteiger partial charge in [-0.3, -0.25) is 0 Å². The Hall–Kier alpha value is -1.06. The van der Waals surface area contributed by atoms with Gasteiger partial charge in [0, 0.05) is 0 Å². The van der Waals surface area contributed by atoms with Crippen molar-refractivity contribution >= 4 is 0 Å². The molecule has 3 nitrogen and oxygen atoms in total. The molecule has 1 aromatic carbocycles. The van der Waals surface area contributed by atoms with Crippen LogP contribution in [0.2, 0.25) is 0 Å². The summed E-state index contributed by atoms with van der Waals surface area (Å²) < 4.78 is 5.78. The number of nitrogens with two attached hydrogens (primary N) is 1. The Bertz CT molecular complexity index is 437. The fourth-order valence-electron chi connectivity index (χ4n) is 2.38. The topological polar surface area (TPSA) is 55.5 Å². The quantitative estimate of drug-likeness (QED) is 0.806. The number of aliphatic hydroxyl groups is 1. The molecule has 0 radical (unpaired) electrons. The van der Waals surface area contributed by atoms with E-state index in [4.69, 9.17) is 10.5 Å². The SMILES string of the molecule is CCC(C)(C)c1ccc(OCC(N)(CO)C2CC2)cc1. The van der Waals surface area contributed by atoms with E-state index >= 15 is 0 Å². The summed E-state index contributed by atoms with van der Waals surface area (Å²) in [6, 6.07) is 8.23. The van der Waals surface area contributed by atoms with E-state index < -0.39 is 5.54 Å². The summed E-state index contributed by atoms with van der Waals surface area (Å²) >= 11 is 0. The summed E-state index contributed by atoms with van der Waals surface area (Å²) in [6.45, 7) is 7.05. The van der Waals surface area contributed by atoms with Gasteiger partial charge < -0.3 is 15.6 Å². The maximum absolute atomic E-state index is 9.45. The zero-order valence-electron chi connectivity index (χ0n) is 12.9. The monoisotopic (exact) mass is 277 g/mol. The first kappa shape index (κ1) is 15.3. The van der Waals surface area contributed by atoms with E-state index in [9.17, 15) is 5.11 Å². The molecule has 1 aliphatic carbocycles. The molecule has 20 heavy (non-hydrogen) atoms. The second kappa shape index (κ2) is 5.74. The van der Waals surface area contributed by atoms with Crippen molar-refractivity contribution in [2.24, 2.45) is 11.7 Å². The lowest BCUT2D eigenvalue weighted by Gasteiger charge is -2.27. The molecule has 1 atom stereocenters. The van der Waals surface area contributed by atoms with Gasteiger partial charge in [0.25, 0.3) is 0 Å². The highest BCUT2D eigenvalue weighted by Crippen LogP contribution is 2.38. The second-order valence-corrected chi connectivity index (χ2v) is 6.72. The smallest absolute Gasteiger partial charge is 0.119 e. The number of hydrogen-bond donors (Lipinski definition) is 2. The van der Waals surface area contributed by atoms with E-state index in [1.165, 1.54) is 5.56 Å². The van der Waals surface area contributed by atoms with E-state index in [1.807, 2.05) is 12.1 Å². The summed E-state index contributed by atoms with van der Waals surface area (Å²) in [5.41, 5.74) is 7.12. The van der Waals surface area contributed by atoms with E-state index in [0.29, 0.717) is 12.5 Å². The normalized spacial score (nSPS) is 18.6. The van der Waals surface area contributed by atoms with Crippen LogP contribution in [0.3, 0.4) is 0 Å². The zero-order chi connectivity index (χ0) is 14.8. The fraction of sp³-hybridized carbons (Fsp3) is 0.647. The number of aliphatic hydroxyl groups excluding tert-OH is 1. The van der Waals surface area contributed by atoms with Crippen molar-refractivity contribution in [1.82, 2.24) is 0 Å². The fourth-order valence-corrected chi connectivity index (χ4v) is 2.38. The maximum Gasteiger partial charge on any atom is 0.119 e. The van der Waals surface area contributed by atoms with Crippen LogP contribution in [0, 0.1) is 5.92 Å². The molecule has 1 unspecified atom stereocenters. The van der Waals surface area contributed by atoms with Gasteiger partial charge in [-0.1, -0.05) is 32.9 Å². The maximum atomic E-state index is 9.45. The third-order valence-electron chi connectivity index (χ3n) is 4.71. The predicted octanol–water partition coefficient (Wildman–Crippen LogP) is 2.85. The molecule has 2 rings (SSSR count). The van der Waals surface area contributed by atoms with Crippen LogP contribution >= 0.6 is 0 Å². The van der Waals surface area contributed by atoms with Gasteiger partial charge in [0.2, 0.25) is 0 Å². The molecule has 112 valence electrons. The van der Waals surface area contributed by atoms with E-state index in [1.54, 1.807) is 0 Å². The predicted molar refractivity (Wildman–Crippen MR) is 82.0 cm³/mol. The number of rotatable bonds is 7. The van der Waals surface area contributed by atoms with Gasteiger partial charge >= 0.3 is 0 Å². The highest BCUT2D eigenvalue weighted by atomic mass is 16.5. The van der Waals surface area contributed by atoms with E-state index in [2.05, 4.69) is 32.9 Å². The minimum absolute atomic E-state index is 0.0153. The Kier molecular flexibility index (Phi) is 4.40. The highest BCUT2D eigenvalue weighted by Gasteiger charge is 2.42. The van der Waals surface area contributed by atoms with Crippen LogP contribution in [0.4, 0.5) is 0 Å². The Morgan fingerprint density at radius 3 is 2.30 bits per heavy atom. The molecule has 0 heterocycles. The molecule has 1 aromatic rings. The van der Waals surface area contributed by atoms with Crippen LogP contribution in [0.25, 0.3) is 0 Å². The highest BCUT2D eigenvalue weighted by molar-refractivity contribution is 5.31. The summed E-state index contributed by atoms with van der Waals surface area (Å²) in [5, 5.41) is 9.45. The first-order chi connectivity index (χ1) is 9.41. The molecule has 0 aromatic heterocycles. The molecule has 1 saturated carbocycles. The minimum atomic E-state index is -0.582.